The van der Waals surface area contributed by atoms with Crippen molar-refractivity contribution in [3.05, 3.63) is 82.4 Å². The van der Waals surface area contributed by atoms with Gasteiger partial charge in [0.05, 0.1) is 11.5 Å². The fourth-order valence-electron chi connectivity index (χ4n) is 3.16. The summed E-state index contributed by atoms with van der Waals surface area (Å²) in [6, 6.07) is 20.6. The molecule has 150 valence electrons. The number of nitro groups is 1. The van der Waals surface area contributed by atoms with Crippen LogP contribution in [0.25, 0.3) is 10.8 Å². The molecule has 0 aliphatic rings. The maximum atomic E-state index is 12.1. The number of hydrogen-bond donors (Lipinski definition) is 3. The summed E-state index contributed by atoms with van der Waals surface area (Å²) in [5.74, 6) is -0.0809. The molecule has 0 radical (unpaired) electrons. The number of hydrogen-bond acceptors (Lipinski definition) is 5. The predicted octanol–water partition coefficient (Wildman–Crippen LogP) is 3.63. The highest BCUT2D eigenvalue weighted by Gasteiger charge is 2.10. The zero-order chi connectivity index (χ0) is 20.6. The number of rotatable bonds is 9. The van der Waals surface area contributed by atoms with E-state index in [1.165, 1.54) is 22.9 Å². The number of carbonyl (C=O) groups is 1. The smallest absolute Gasteiger partial charge is 0.269 e. The second-order valence-electron chi connectivity index (χ2n) is 6.75. The molecule has 1 amide bonds. The Hall–Kier alpha value is -3.45. The molecule has 3 aromatic rings. The first-order valence-electron chi connectivity index (χ1n) is 9.50. The number of nitrogens with zero attached hydrogens (tertiary/aromatic N) is 1. The van der Waals surface area contributed by atoms with Gasteiger partial charge in [0.1, 0.15) is 0 Å². The van der Waals surface area contributed by atoms with E-state index in [-0.39, 0.29) is 24.2 Å². The van der Waals surface area contributed by atoms with Crippen LogP contribution in [0, 0.1) is 10.1 Å². The van der Waals surface area contributed by atoms with Crippen molar-refractivity contribution in [1.82, 2.24) is 10.6 Å². The lowest BCUT2D eigenvalue weighted by Gasteiger charge is -2.16. The van der Waals surface area contributed by atoms with Crippen molar-refractivity contribution in [3.8, 4) is 0 Å². The summed E-state index contributed by atoms with van der Waals surface area (Å²) in [7, 11) is 0. The first-order valence-corrected chi connectivity index (χ1v) is 9.50. The molecular formula is C22H24N4O3. The number of non-ortho nitro benzene ring substituents is 1. The van der Waals surface area contributed by atoms with E-state index in [4.69, 9.17) is 0 Å². The molecule has 3 N–H and O–H groups in total. The molecule has 3 rings (SSSR count). The van der Waals surface area contributed by atoms with Gasteiger partial charge in [-0.05, 0) is 35.4 Å². The third kappa shape index (κ3) is 5.52. The molecule has 7 heteroatoms. The summed E-state index contributed by atoms with van der Waals surface area (Å²) in [6.07, 6.45) is 0. The van der Waals surface area contributed by atoms with E-state index in [1.807, 2.05) is 25.1 Å². The Kier molecular flexibility index (Phi) is 6.76. The number of carbonyl (C=O) groups excluding carboxylic acids is 1. The van der Waals surface area contributed by atoms with Crippen molar-refractivity contribution in [2.24, 2.45) is 0 Å². The van der Waals surface area contributed by atoms with Crippen molar-refractivity contribution >= 4 is 28.1 Å². The molecule has 0 aliphatic heterocycles. The zero-order valence-electron chi connectivity index (χ0n) is 16.2. The van der Waals surface area contributed by atoms with E-state index in [1.54, 1.807) is 12.1 Å². The first-order chi connectivity index (χ1) is 14.0. The molecule has 0 unspecified atom stereocenters. The van der Waals surface area contributed by atoms with Crippen molar-refractivity contribution in [3.63, 3.8) is 0 Å². The maximum absolute atomic E-state index is 12.1. The zero-order valence-corrected chi connectivity index (χ0v) is 16.2. The van der Waals surface area contributed by atoms with Crippen molar-refractivity contribution in [2.75, 3.05) is 25.0 Å². The summed E-state index contributed by atoms with van der Waals surface area (Å²) < 4.78 is 0. The number of anilines is 1. The fraction of sp³-hybridized carbons (Fsp3) is 0.227. The average Bonchev–Trinajstić information content (AvgIpc) is 2.75. The molecule has 7 nitrogen and oxygen atoms in total. The minimum Gasteiger partial charge on any atom is -0.383 e. The molecule has 0 fully saturated rings. The SMILES string of the molecule is C[C@H](NCC(=O)NCCNc1ccc([N+](=O)[O-])cc1)c1cccc2ccccc12. The molecule has 0 spiro atoms. The van der Waals surface area contributed by atoms with E-state index in [0.29, 0.717) is 13.1 Å². The first kappa shape index (κ1) is 20.3. The second kappa shape index (κ2) is 9.66. The van der Waals surface area contributed by atoms with Gasteiger partial charge in [-0.1, -0.05) is 42.5 Å². The summed E-state index contributed by atoms with van der Waals surface area (Å²) in [5, 5.41) is 22.3. The number of fused-ring (bicyclic) bond motifs is 1. The van der Waals surface area contributed by atoms with E-state index < -0.39 is 4.92 Å². The maximum Gasteiger partial charge on any atom is 0.269 e. The van der Waals surface area contributed by atoms with Crippen LogP contribution < -0.4 is 16.0 Å². The highest BCUT2D eigenvalue weighted by Crippen LogP contribution is 2.23. The van der Waals surface area contributed by atoms with Crippen LogP contribution in [0.5, 0.6) is 0 Å². The van der Waals surface area contributed by atoms with Crippen LogP contribution in [0.3, 0.4) is 0 Å². The number of benzene rings is 3. The Bertz CT molecular complexity index is 984. The molecule has 0 aliphatic carbocycles. The molecule has 0 heterocycles. The van der Waals surface area contributed by atoms with Crippen LogP contribution in [-0.4, -0.2) is 30.5 Å². The minimum absolute atomic E-state index is 0.0464. The van der Waals surface area contributed by atoms with Crippen LogP contribution >= 0.6 is 0 Å². The van der Waals surface area contributed by atoms with Gasteiger partial charge >= 0.3 is 0 Å². The van der Waals surface area contributed by atoms with E-state index in [2.05, 4.69) is 40.2 Å². The van der Waals surface area contributed by atoms with Gasteiger partial charge in [0.15, 0.2) is 0 Å². The van der Waals surface area contributed by atoms with Gasteiger partial charge in [0.2, 0.25) is 5.91 Å². The summed E-state index contributed by atoms with van der Waals surface area (Å²) in [4.78, 5) is 22.3. The van der Waals surface area contributed by atoms with Gasteiger partial charge in [0.25, 0.3) is 5.69 Å². The molecule has 0 saturated carbocycles. The Morgan fingerprint density at radius 2 is 1.72 bits per heavy atom. The third-order valence-electron chi connectivity index (χ3n) is 4.71. The Morgan fingerprint density at radius 1 is 1.00 bits per heavy atom. The Balaban J connectivity index is 1.41. The highest BCUT2D eigenvalue weighted by atomic mass is 16.6. The van der Waals surface area contributed by atoms with Gasteiger partial charge in [-0.2, -0.15) is 0 Å². The molecule has 0 aromatic heterocycles. The summed E-state index contributed by atoms with van der Waals surface area (Å²) >= 11 is 0. The molecule has 3 aromatic carbocycles. The van der Waals surface area contributed by atoms with E-state index in [0.717, 1.165) is 11.3 Å². The highest BCUT2D eigenvalue weighted by molar-refractivity contribution is 5.86. The second-order valence-corrected chi connectivity index (χ2v) is 6.75. The molecule has 0 saturated heterocycles. The van der Waals surface area contributed by atoms with Crippen molar-refractivity contribution in [2.45, 2.75) is 13.0 Å². The van der Waals surface area contributed by atoms with Crippen LogP contribution in [0.4, 0.5) is 11.4 Å². The minimum atomic E-state index is -0.434. The summed E-state index contributed by atoms with van der Waals surface area (Å²) in [5.41, 5.74) is 1.98. The largest absolute Gasteiger partial charge is 0.383 e. The standard InChI is InChI=1S/C22H24N4O3/c1-16(20-8-4-6-17-5-2-3-7-21(17)20)25-15-22(27)24-14-13-23-18-9-11-19(12-10-18)26(28)29/h2-12,16,23,25H,13-15H2,1H3,(H,24,27)/t16-/m0/s1. The lowest BCUT2D eigenvalue weighted by Crippen LogP contribution is -2.37. The molecule has 0 bridgehead atoms. The third-order valence-corrected chi connectivity index (χ3v) is 4.71. The number of nitrogens with one attached hydrogen (secondary N) is 3. The number of amides is 1. The molecule has 1 atom stereocenters. The van der Waals surface area contributed by atoms with Gasteiger partial charge in [-0.15, -0.1) is 0 Å². The van der Waals surface area contributed by atoms with E-state index >= 15 is 0 Å². The van der Waals surface area contributed by atoms with Crippen LogP contribution in [0.1, 0.15) is 18.5 Å². The average molecular weight is 392 g/mol. The lowest BCUT2D eigenvalue weighted by atomic mass is 10.00. The monoisotopic (exact) mass is 392 g/mol. The topological polar surface area (TPSA) is 96.3 Å². The van der Waals surface area contributed by atoms with Crippen LogP contribution in [0.15, 0.2) is 66.7 Å². The Morgan fingerprint density at radius 3 is 2.48 bits per heavy atom. The van der Waals surface area contributed by atoms with Crippen molar-refractivity contribution < 1.29 is 9.72 Å². The van der Waals surface area contributed by atoms with E-state index in [9.17, 15) is 14.9 Å². The Labute approximate surface area is 169 Å². The summed E-state index contributed by atoms with van der Waals surface area (Å²) in [6.45, 7) is 3.26. The predicted molar refractivity (Wildman–Crippen MR) is 115 cm³/mol. The van der Waals surface area contributed by atoms with Gasteiger partial charge < -0.3 is 16.0 Å². The quantitative estimate of drug-likeness (QED) is 0.294. The molecule has 29 heavy (non-hydrogen) atoms. The van der Waals surface area contributed by atoms with Crippen LogP contribution in [-0.2, 0) is 4.79 Å². The lowest BCUT2D eigenvalue weighted by molar-refractivity contribution is -0.384. The fourth-order valence-corrected chi connectivity index (χ4v) is 3.16. The number of nitro benzene ring substituents is 1. The van der Waals surface area contributed by atoms with Gasteiger partial charge in [0, 0.05) is 37.0 Å². The normalized spacial score (nSPS) is 11.8. The van der Waals surface area contributed by atoms with Crippen LogP contribution in [0.2, 0.25) is 0 Å². The van der Waals surface area contributed by atoms with Crippen molar-refractivity contribution in [1.29, 1.82) is 0 Å². The molecular weight excluding hydrogens is 368 g/mol. The van der Waals surface area contributed by atoms with Gasteiger partial charge in [-0.3, -0.25) is 14.9 Å². The van der Waals surface area contributed by atoms with Gasteiger partial charge in [-0.25, -0.2) is 0 Å².